The molecule has 0 heterocycles. The SMILES string of the molecule is Cc1cc(O)ccc1C(=O)NC(C)CCN. The van der Waals surface area contributed by atoms with Crippen LogP contribution in [0.3, 0.4) is 0 Å². The van der Waals surface area contributed by atoms with Crippen LogP contribution in [0.25, 0.3) is 0 Å². The number of phenols is 1. The average molecular weight is 222 g/mol. The molecule has 0 bridgehead atoms. The highest BCUT2D eigenvalue weighted by molar-refractivity contribution is 5.95. The van der Waals surface area contributed by atoms with E-state index in [0.717, 1.165) is 12.0 Å². The number of aryl methyl sites for hydroxylation is 1. The first-order chi connectivity index (χ1) is 7.54. The minimum Gasteiger partial charge on any atom is -0.508 e. The lowest BCUT2D eigenvalue weighted by Gasteiger charge is -2.13. The molecule has 4 N–H and O–H groups in total. The van der Waals surface area contributed by atoms with E-state index in [1.807, 2.05) is 6.92 Å². The summed E-state index contributed by atoms with van der Waals surface area (Å²) >= 11 is 0. The number of amides is 1. The molecule has 16 heavy (non-hydrogen) atoms. The fourth-order valence-corrected chi connectivity index (χ4v) is 1.53. The van der Waals surface area contributed by atoms with Crippen LogP contribution in [0.15, 0.2) is 18.2 Å². The van der Waals surface area contributed by atoms with Crippen molar-refractivity contribution >= 4 is 5.91 Å². The molecule has 1 rings (SSSR count). The third-order valence-electron chi connectivity index (χ3n) is 2.43. The first-order valence-corrected chi connectivity index (χ1v) is 5.35. The number of aromatic hydroxyl groups is 1. The molecule has 1 amide bonds. The fraction of sp³-hybridized carbons (Fsp3) is 0.417. The summed E-state index contributed by atoms with van der Waals surface area (Å²) in [4.78, 5) is 11.8. The van der Waals surface area contributed by atoms with Gasteiger partial charge in [0.2, 0.25) is 0 Å². The van der Waals surface area contributed by atoms with Gasteiger partial charge < -0.3 is 16.2 Å². The molecule has 0 aliphatic heterocycles. The molecule has 0 spiro atoms. The van der Waals surface area contributed by atoms with Crippen LogP contribution in [-0.2, 0) is 0 Å². The van der Waals surface area contributed by atoms with Gasteiger partial charge in [-0.05, 0) is 50.6 Å². The van der Waals surface area contributed by atoms with E-state index in [9.17, 15) is 9.90 Å². The number of hydrogen-bond acceptors (Lipinski definition) is 3. The zero-order valence-electron chi connectivity index (χ0n) is 9.66. The largest absolute Gasteiger partial charge is 0.508 e. The Morgan fingerprint density at radius 2 is 2.25 bits per heavy atom. The van der Waals surface area contributed by atoms with Crippen LogP contribution in [-0.4, -0.2) is 23.6 Å². The predicted molar refractivity (Wildman–Crippen MR) is 63.4 cm³/mol. The van der Waals surface area contributed by atoms with Crippen LogP contribution in [0.5, 0.6) is 5.75 Å². The van der Waals surface area contributed by atoms with Crippen LogP contribution in [0.2, 0.25) is 0 Å². The van der Waals surface area contributed by atoms with Crippen molar-refractivity contribution in [1.29, 1.82) is 0 Å². The summed E-state index contributed by atoms with van der Waals surface area (Å²) in [5, 5.41) is 12.1. The van der Waals surface area contributed by atoms with Crippen molar-refractivity contribution in [3.8, 4) is 5.75 Å². The van der Waals surface area contributed by atoms with E-state index in [2.05, 4.69) is 5.32 Å². The lowest BCUT2D eigenvalue weighted by Crippen LogP contribution is -2.34. The molecule has 0 aliphatic rings. The Kier molecular flexibility index (Phi) is 4.31. The van der Waals surface area contributed by atoms with Crippen LogP contribution in [0.1, 0.15) is 29.3 Å². The summed E-state index contributed by atoms with van der Waals surface area (Å²) in [7, 11) is 0. The molecule has 0 saturated carbocycles. The Hall–Kier alpha value is -1.55. The normalized spacial score (nSPS) is 12.2. The quantitative estimate of drug-likeness (QED) is 0.715. The lowest BCUT2D eigenvalue weighted by atomic mass is 10.1. The number of carbonyl (C=O) groups excluding carboxylic acids is 1. The van der Waals surface area contributed by atoms with Gasteiger partial charge in [0, 0.05) is 11.6 Å². The van der Waals surface area contributed by atoms with Gasteiger partial charge >= 0.3 is 0 Å². The van der Waals surface area contributed by atoms with E-state index >= 15 is 0 Å². The van der Waals surface area contributed by atoms with Gasteiger partial charge in [0.15, 0.2) is 0 Å². The minimum atomic E-state index is -0.126. The van der Waals surface area contributed by atoms with Crippen molar-refractivity contribution in [3.63, 3.8) is 0 Å². The highest BCUT2D eigenvalue weighted by atomic mass is 16.3. The number of benzene rings is 1. The Labute approximate surface area is 95.5 Å². The number of rotatable bonds is 4. The summed E-state index contributed by atoms with van der Waals surface area (Å²) in [6.45, 7) is 4.26. The molecule has 88 valence electrons. The van der Waals surface area contributed by atoms with Gasteiger partial charge in [0.05, 0.1) is 0 Å². The first kappa shape index (κ1) is 12.5. The van der Waals surface area contributed by atoms with Gasteiger partial charge in [0.1, 0.15) is 5.75 Å². The van der Waals surface area contributed by atoms with E-state index in [1.165, 1.54) is 6.07 Å². The van der Waals surface area contributed by atoms with Gasteiger partial charge in [-0.25, -0.2) is 0 Å². The Balaban J connectivity index is 2.73. The van der Waals surface area contributed by atoms with Crippen molar-refractivity contribution in [2.75, 3.05) is 6.54 Å². The number of nitrogens with one attached hydrogen (secondary N) is 1. The first-order valence-electron chi connectivity index (χ1n) is 5.35. The number of nitrogens with two attached hydrogens (primary N) is 1. The second-order valence-corrected chi connectivity index (χ2v) is 3.95. The zero-order valence-corrected chi connectivity index (χ0v) is 9.66. The van der Waals surface area contributed by atoms with Crippen LogP contribution in [0.4, 0.5) is 0 Å². The van der Waals surface area contributed by atoms with E-state index in [1.54, 1.807) is 19.1 Å². The molecule has 0 aliphatic carbocycles. The summed E-state index contributed by atoms with van der Waals surface area (Å²) in [6, 6.07) is 4.76. The molecule has 0 radical (unpaired) electrons. The molecule has 0 aromatic heterocycles. The standard InChI is InChI=1S/C12H18N2O2/c1-8-7-10(15)3-4-11(8)12(16)14-9(2)5-6-13/h3-4,7,9,15H,5-6,13H2,1-2H3,(H,14,16). The topological polar surface area (TPSA) is 75.3 Å². The molecule has 4 heteroatoms. The monoisotopic (exact) mass is 222 g/mol. The van der Waals surface area contributed by atoms with E-state index < -0.39 is 0 Å². The number of phenolic OH excluding ortho intramolecular Hbond substituents is 1. The summed E-state index contributed by atoms with van der Waals surface area (Å²) < 4.78 is 0. The fourth-order valence-electron chi connectivity index (χ4n) is 1.53. The second-order valence-electron chi connectivity index (χ2n) is 3.95. The maximum absolute atomic E-state index is 11.8. The van der Waals surface area contributed by atoms with Crippen molar-refractivity contribution in [1.82, 2.24) is 5.32 Å². The minimum absolute atomic E-state index is 0.0608. The van der Waals surface area contributed by atoms with Crippen molar-refractivity contribution in [2.45, 2.75) is 26.3 Å². The maximum atomic E-state index is 11.8. The number of carbonyl (C=O) groups is 1. The molecular formula is C12H18N2O2. The molecule has 1 aromatic rings. The van der Waals surface area contributed by atoms with Crippen molar-refractivity contribution in [2.24, 2.45) is 5.73 Å². The molecule has 4 nitrogen and oxygen atoms in total. The smallest absolute Gasteiger partial charge is 0.251 e. The summed E-state index contributed by atoms with van der Waals surface area (Å²) in [5.74, 6) is 0.0440. The predicted octanol–water partition coefficient (Wildman–Crippen LogP) is 1.17. The third kappa shape index (κ3) is 3.24. The van der Waals surface area contributed by atoms with E-state index in [4.69, 9.17) is 5.73 Å². The molecule has 1 aromatic carbocycles. The highest BCUT2D eigenvalue weighted by Gasteiger charge is 2.11. The Morgan fingerprint density at radius 3 is 2.81 bits per heavy atom. The number of hydrogen-bond donors (Lipinski definition) is 3. The summed E-state index contributed by atoms with van der Waals surface area (Å²) in [6.07, 6.45) is 0.753. The van der Waals surface area contributed by atoms with Gasteiger partial charge in [-0.15, -0.1) is 0 Å². The Morgan fingerprint density at radius 1 is 1.56 bits per heavy atom. The summed E-state index contributed by atoms with van der Waals surface area (Å²) in [5.41, 5.74) is 6.76. The lowest BCUT2D eigenvalue weighted by molar-refractivity contribution is 0.0938. The van der Waals surface area contributed by atoms with Crippen LogP contribution in [0, 0.1) is 6.92 Å². The average Bonchev–Trinajstić information content (AvgIpc) is 2.17. The van der Waals surface area contributed by atoms with Crippen LogP contribution >= 0.6 is 0 Å². The molecule has 1 unspecified atom stereocenters. The zero-order chi connectivity index (χ0) is 12.1. The van der Waals surface area contributed by atoms with Gasteiger partial charge in [-0.3, -0.25) is 4.79 Å². The van der Waals surface area contributed by atoms with Gasteiger partial charge in [-0.1, -0.05) is 0 Å². The maximum Gasteiger partial charge on any atom is 0.251 e. The Bertz CT molecular complexity index is 377. The molecular weight excluding hydrogens is 204 g/mol. The third-order valence-corrected chi connectivity index (χ3v) is 2.43. The molecule has 0 fully saturated rings. The van der Waals surface area contributed by atoms with Crippen molar-refractivity contribution in [3.05, 3.63) is 29.3 Å². The van der Waals surface area contributed by atoms with E-state index in [0.29, 0.717) is 12.1 Å². The van der Waals surface area contributed by atoms with Gasteiger partial charge in [0.25, 0.3) is 5.91 Å². The van der Waals surface area contributed by atoms with Crippen molar-refractivity contribution < 1.29 is 9.90 Å². The second kappa shape index (κ2) is 5.51. The highest BCUT2D eigenvalue weighted by Crippen LogP contribution is 2.15. The molecule has 0 saturated heterocycles. The van der Waals surface area contributed by atoms with Crippen LogP contribution < -0.4 is 11.1 Å². The van der Waals surface area contributed by atoms with E-state index in [-0.39, 0.29) is 17.7 Å². The van der Waals surface area contributed by atoms with Gasteiger partial charge in [-0.2, -0.15) is 0 Å². The molecule has 1 atom stereocenters.